The number of rotatable bonds is 5. The van der Waals surface area contributed by atoms with Crippen LogP contribution in [0.2, 0.25) is 0 Å². The molecule has 2 atom stereocenters. The minimum atomic E-state index is -0.541. The molecule has 1 amide bonds. The van der Waals surface area contributed by atoms with E-state index >= 15 is 0 Å². The molecule has 0 aromatic heterocycles. The Morgan fingerprint density at radius 3 is 2.59 bits per heavy atom. The SMILES string of the molecule is CC(C)C(CN)C(=O)NCC1COC(C)(C)O1. The first kappa shape index (κ1) is 14.4. The summed E-state index contributed by atoms with van der Waals surface area (Å²) in [6.07, 6.45) is -0.0699. The van der Waals surface area contributed by atoms with Crippen LogP contribution in [0.25, 0.3) is 0 Å². The third-order valence-electron chi connectivity index (χ3n) is 2.97. The summed E-state index contributed by atoms with van der Waals surface area (Å²) in [7, 11) is 0. The second-order valence-corrected chi connectivity index (χ2v) is 5.28. The average molecular weight is 244 g/mol. The summed E-state index contributed by atoms with van der Waals surface area (Å²) in [6, 6.07) is 0. The minimum absolute atomic E-state index is 0.00388. The zero-order valence-electron chi connectivity index (χ0n) is 11.2. The maximum absolute atomic E-state index is 11.8. The zero-order chi connectivity index (χ0) is 13.1. The van der Waals surface area contributed by atoms with Crippen molar-refractivity contribution in [2.45, 2.75) is 39.6 Å². The van der Waals surface area contributed by atoms with Crippen LogP contribution in [-0.4, -0.2) is 37.5 Å². The predicted molar refractivity (Wildman–Crippen MR) is 65.3 cm³/mol. The normalized spacial score (nSPS) is 24.9. The summed E-state index contributed by atoms with van der Waals surface area (Å²) in [4.78, 5) is 11.8. The fourth-order valence-electron chi connectivity index (χ4n) is 1.89. The van der Waals surface area contributed by atoms with Crippen LogP contribution in [0.5, 0.6) is 0 Å². The Bertz CT molecular complexity index is 266. The van der Waals surface area contributed by atoms with E-state index in [1.807, 2.05) is 27.7 Å². The molecule has 17 heavy (non-hydrogen) atoms. The number of ether oxygens (including phenoxy) is 2. The van der Waals surface area contributed by atoms with Crippen LogP contribution in [0.1, 0.15) is 27.7 Å². The molecule has 5 nitrogen and oxygen atoms in total. The monoisotopic (exact) mass is 244 g/mol. The van der Waals surface area contributed by atoms with E-state index in [2.05, 4.69) is 5.32 Å². The molecule has 0 bridgehead atoms. The van der Waals surface area contributed by atoms with E-state index in [4.69, 9.17) is 15.2 Å². The zero-order valence-corrected chi connectivity index (χ0v) is 11.2. The van der Waals surface area contributed by atoms with Gasteiger partial charge in [0.1, 0.15) is 6.10 Å². The first-order valence-electron chi connectivity index (χ1n) is 6.15. The molecule has 1 aliphatic heterocycles. The summed E-state index contributed by atoms with van der Waals surface area (Å²) in [5.74, 6) is -0.431. The number of carbonyl (C=O) groups is 1. The fraction of sp³-hybridized carbons (Fsp3) is 0.917. The fourth-order valence-corrected chi connectivity index (χ4v) is 1.89. The van der Waals surface area contributed by atoms with E-state index in [9.17, 15) is 4.79 Å². The number of hydrogen-bond donors (Lipinski definition) is 2. The van der Waals surface area contributed by atoms with Gasteiger partial charge in [0.2, 0.25) is 5.91 Å². The van der Waals surface area contributed by atoms with Crippen molar-refractivity contribution in [3.05, 3.63) is 0 Å². The molecular weight excluding hydrogens is 220 g/mol. The van der Waals surface area contributed by atoms with Crippen LogP contribution in [0.4, 0.5) is 0 Å². The Balaban J connectivity index is 2.33. The van der Waals surface area contributed by atoms with Crippen LogP contribution in [0.15, 0.2) is 0 Å². The second-order valence-electron chi connectivity index (χ2n) is 5.28. The molecule has 1 saturated heterocycles. The summed E-state index contributed by atoms with van der Waals surface area (Å²) in [5.41, 5.74) is 5.58. The highest BCUT2D eigenvalue weighted by molar-refractivity contribution is 5.79. The third-order valence-corrected chi connectivity index (χ3v) is 2.97. The molecule has 0 radical (unpaired) electrons. The highest BCUT2D eigenvalue weighted by Crippen LogP contribution is 2.21. The minimum Gasteiger partial charge on any atom is -0.353 e. The Hall–Kier alpha value is -0.650. The second kappa shape index (κ2) is 5.80. The van der Waals surface area contributed by atoms with Gasteiger partial charge in [-0.15, -0.1) is 0 Å². The molecule has 0 aromatic carbocycles. The predicted octanol–water partition coefficient (Wildman–Crippen LogP) is 0.485. The van der Waals surface area contributed by atoms with Crippen molar-refractivity contribution in [2.24, 2.45) is 17.6 Å². The molecule has 1 heterocycles. The molecule has 2 unspecified atom stereocenters. The topological polar surface area (TPSA) is 73.6 Å². The molecule has 1 fully saturated rings. The average Bonchev–Trinajstić information content (AvgIpc) is 2.56. The van der Waals surface area contributed by atoms with Gasteiger partial charge in [-0.2, -0.15) is 0 Å². The van der Waals surface area contributed by atoms with Crippen molar-refractivity contribution in [1.82, 2.24) is 5.32 Å². The van der Waals surface area contributed by atoms with E-state index in [1.165, 1.54) is 0 Å². The molecule has 3 N–H and O–H groups in total. The lowest BCUT2D eigenvalue weighted by Gasteiger charge is -2.20. The molecule has 0 aromatic rings. The van der Waals surface area contributed by atoms with Gasteiger partial charge in [0.15, 0.2) is 5.79 Å². The first-order chi connectivity index (χ1) is 7.85. The lowest BCUT2D eigenvalue weighted by Crippen LogP contribution is -2.42. The Morgan fingerprint density at radius 1 is 1.53 bits per heavy atom. The molecule has 0 spiro atoms. The Morgan fingerprint density at radius 2 is 2.18 bits per heavy atom. The van der Waals surface area contributed by atoms with Crippen LogP contribution in [-0.2, 0) is 14.3 Å². The molecule has 0 saturated carbocycles. The lowest BCUT2D eigenvalue weighted by molar-refractivity contribution is -0.140. The van der Waals surface area contributed by atoms with E-state index in [1.54, 1.807) is 0 Å². The van der Waals surface area contributed by atoms with Crippen molar-refractivity contribution < 1.29 is 14.3 Å². The van der Waals surface area contributed by atoms with Gasteiger partial charge in [0.05, 0.1) is 12.5 Å². The lowest BCUT2D eigenvalue weighted by atomic mass is 9.95. The highest BCUT2D eigenvalue weighted by atomic mass is 16.7. The third kappa shape index (κ3) is 4.26. The highest BCUT2D eigenvalue weighted by Gasteiger charge is 2.33. The molecule has 100 valence electrons. The molecular formula is C12H24N2O3. The van der Waals surface area contributed by atoms with Crippen molar-refractivity contribution >= 4 is 5.91 Å². The van der Waals surface area contributed by atoms with Gasteiger partial charge in [0, 0.05) is 13.1 Å². The molecule has 1 rings (SSSR count). The quantitative estimate of drug-likeness (QED) is 0.738. The summed E-state index contributed by atoms with van der Waals surface area (Å²) in [5, 5.41) is 2.87. The standard InChI is InChI=1S/C12H24N2O3/c1-8(2)10(5-13)11(15)14-6-9-7-16-12(3,4)17-9/h8-10H,5-7,13H2,1-4H3,(H,14,15). The first-order valence-corrected chi connectivity index (χ1v) is 6.15. The van der Waals surface area contributed by atoms with E-state index < -0.39 is 5.79 Å². The van der Waals surface area contributed by atoms with Gasteiger partial charge in [-0.05, 0) is 19.8 Å². The number of carbonyl (C=O) groups excluding carboxylic acids is 1. The van der Waals surface area contributed by atoms with Crippen molar-refractivity contribution in [2.75, 3.05) is 19.7 Å². The summed E-state index contributed by atoms with van der Waals surface area (Å²) < 4.78 is 11.0. The van der Waals surface area contributed by atoms with E-state index in [0.29, 0.717) is 19.7 Å². The smallest absolute Gasteiger partial charge is 0.224 e. The van der Waals surface area contributed by atoms with Gasteiger partial charge in [-0.25, -0.2) is 0 Å². The maximum atomic E-state index is 11.8. The number of hydrogen-bond acceptors (Lipinski definition) is 4. The number of amides is 1. The Labute approximate surface area is 103 Å². The van der Waals surface area contributed by atoms with Crippen LogP contribution in [0.3, 0.4) is 0 Å². The van der Waals surface area contributed by atoms with Gasteiger partial charge in [-0.3, -0.25) is 4.79 Å². The largest absolute Gasteiger partial charge is 0.353 e. The van der Waals surface area contributed by atoms with E-state index in [-0.39, 0.29) is 23.8 Å². The maximum Gasteiger partial charge on any atom is 0.224 e. The summed E-state index contributed by atoms with van der Waals surface area (Å²) in [6.45, 7) is 9.09. The van der Waals surface area contributed by atoms with Crippen molar-refractivity contribution in [3.8, 4) is 0 Å². The number of nitrogens with one attached hydrogen (secondary N) is 1. The molecule has 1 aliphatic rings. The van der Waals surface area contributed by atoms with Crippen LogP contribution >= 0.6 is 0 Å². The van der Waals surface area contributed by atoms with Crippen molar-refractivity contribution in [3.63, 3.8) is 0 Å². The summed E-state index contributed by atoms with van der Waals surface area (Å²) >= 11 is 0. The van der Waals surface area contributed by atoms with Gasteiger partial charge in [0.25, 0.3) is 0 Å². The van der Waals surface area contributed by atoms with Gasteiger partial charge >= 0.3 is 0 Å². The van der Waals surface area contributed by atoms with Gasteiger partial charge < -0.3 is 20.5 Å². The van der Waals surface area contributed by atoms with E-state index in [0.717, 1.165) is 0 Å². The molecule has 0 aliphatic carbocycles. The van der Waals surface area contributed by atoms with Crippen LogP contribution in [0, 0.1) is 11.8 Å². The Kier molecular flexibility index (Phi) is 4.91. The van der Waals surface area contributed by atoms with Gasteiger partial charge in [-0.1, -0.05) is 13.8 Å². The number of nitrogens with two attached hydrogens (primary N) is 1. The van der Waals surface area contributed by atoms with Crippen LogP contribution < -0.4 is 11.1 Å². The van der Waals surface area contributed by atoms with Crippen molar-refractivity contribution in [1.29, 1.82) is 0 Å². The molecule has 5 heteroatoms.